The van der Waals surface area contributed by atoms with Crippen LogP contribution < -0.4 is 4.57 Å². The first-order valence-electron chi connectivity index (χ1n) is 16.0. The van der Waals surface area contributed by atoms with Gasteiger partial charge in [0.15, 0.2) is 0 Å². The van der Waals surface area contributed by atoms with E-state index in [1.54, 1.807) is 0 Å². The monoisotopic (exact) mass is 515 g/mol. The summed E-state index contributed by atoms with van der Waals surface area (Å²) in [5.74, 6) is 0.576. The van der Waals surface area contributed by atoms with Crippen molar-refractivity contribution < 1.29 is 4.57 Å². The smallest absolute Gasteiger partial charge is 0.241 e. The lowest BCUT2D eigenvalue weighted by Crippen LogP contribution is -2.43. The standard InChI is InChI=1S/C36H54N2/c1-2-3-4-5-6-7-8-9-10-11-12-13-14-15-22-27-36(38-29-28-37-32-38)35(30-33-23-18-16-19-24-33)31-34-25-20-17-21-26-34/h16-21,23-26,28-29,32,35-36H,2-15,22,27,30-31H2,1H3/p+1. The van der Waals surface area contributed by atoms with Gasteiger partial charge in [0.2, 0.25) is 6.33 Å². The Balaban J connectivity index is 1.38. The van der Waals surface area contributed by atoms with E-state index < -0.39 is 0 Å². The van der Waals surface area contributed by atoms with E-state index in [1.165, 1.54) is 114 Å². The lowest BCUT2D eigenvalue weighted by atomic mass is 9.84. The van der Waals surface area contributed by atoms with Crippen LogP contribution in [0.25, 0.3) is 0 Å². The molecule has 3 aromatic rings. The summed E-state index contributed by atoms with van der Waals surface area (Å²) in [6.45, 7) is 2.30. The van der Waals surface area contributed by atoms with Gasteiger partial charge in [0, 0.05) is 5.92 Å². The van der Waals surface area contributed by atoms with Gasteiger partial charge >= 0.3 is 0 Å². The van der Waals surface area contributed by atoms with Crippen molar-refractivity contribution in [2.75, 3.05) is 0 Å². The average molecular weight is 516 g/mol. The van der Waals surface area contributed by atoms with Crippen LogP contribution in [0.2, 0.25) is 0 Å². The number of H-pyrrole nitrogens is 1. The summed E-state index contributed by atoms with van der Waals surface area (Å²) in [5, 5.41) is 0. The van der Waals surface area contributed by atoms with Gasteiger partial charge in [0.25, 0.3) is 0 Å². The molecule has 0 aliphatic carbocycles. The van der Waals surface area contributed by atoms with Gasteiger partial charge in [-0.05, 0) is 36.8 Å². The van der Waals surface area contributed by atoms with Crippen LogP contribution in [0.15, 0.2) is 79.4 Å². The number of nitrogens with zero attached hydrogens (tertiary/aromatic N) is 1. The molecular weight excluding hydrogens is 460 g/mol. The van der Waals surface area contributed by atoms with Gasteiger partial charge in [-0.2, -0.15) is 0 Å². The van der Waals surface area contributed by atoms with Crippen molar-refractivity contribution in [2.45, 2.75) is 129 Å². The Bertz CT molecular complexity index is 862. The molecule has 1 heterocycles. The minimum Gasteiger partial charge on any atom is -0.250 e. The molecule has 0 aliphatic heterocycles. The SMILES string of the molecule is CCCCCCCCCCCCCCCCCC(C(Cc1ccccc1)Cc1ccccc1)[n+]1cc[nH]c1. The third-order valence-electron chi connectivity index (χ3n) is 8.28. The van der Waals surface area contributed by atoms with Crippen molar-refractivity contribution in [1.82, 2.24) is 4.98 Å². The second kappa shape index (κ2) is 19.7. The Hall–Kier alpha value is -2.35. The first-order valence-corrected chi connectivity index (χ1v) is 16.0. The molecule has 2 nitrogen and oxygen atoms in total. The fourth-order valence-corrected chi connectivity index (χ4v) is 6.04. The molecule has 1 aromatic heterocycles. The van der Waals surface area contributed by atoms with Crippen LogP contribution in [0.1, 0.15) is 127 Å². The third kappa shape index (κ3) is 12.5. The van der Waals surface area contributed by atoms with Crippen LogP contribution in [-0.2, 0) is 12.8 Å². The number of benzene rings is 2. The fourth-order valence-electron chi connectivity index (χ4n) is 6.04. The average Bonchev–Trinajstić information content (AvgIpc) is 3.48. The molecule has 0 bridgehead atoms. The van der Waals surface area contributed by atoms with Gasteiger partial charge in [-0.1, -0.05) is 157 Å². The van der Waals surface area contributed by atoms with E-state index in [0.717, 1.165) is 12.8 Å². The highest BCUT2D eigenvalue weighted by Crippen LogP contribution is 2.27. The summed E-state index contributed by atoms with van der Waals surface area (Å²) < 4.78 is 2.44. The number of aromatic amines is 1. The molecule has 1 atom stereocenters. The van der Waals surface area contributed by atoms with E-state index in [4.69, 9.17) is 0 Å². The summed E-state index contributed by atoms with van der Waals surface area (Å²) in [7, 11) is 0. The van der Waals surface area contributed by atoms with Crippen molar-refractivity contribution in [3.63, 3.8) is 0 Å². The topological polar surface area (TPSA) is 19.7 Å². The number of rotatable bonds is 22. The Morgan fingerprint density at radius 1 is 0.579 bits per heavy atom. The minimum absolute atomic E-state index is 0.517. The van der Waals surface area contributed by atoms with Crippen molar-refractivity contribution in [1.29, 1.82) is 0 Å². The zero-order valence-electron chi connectivity index (χ0n) is 24.3. The number of unbranched alkanes of at least 4 members (excludes halogenated alkanes) is 14. The number of aromatic nitrogens is 2. The molecule has 38 heavy (non-hydrogen) atoms. The number of hydrogen-bond acceptors (Lipinski definition) is 0. The maximum atomic E-state index is 3.31. The molecule has 3 rings (SSSR count). The lowest BCUT2D eigenvalue weighted by Gasteiger charge is -2.25. The molecule has 2 aromatic carbocycles. The molecular formula is C36H55N2+. The van der Waals surface area contributed by atoms with Gasteiger partial charge in [-0.3, -0.25) is 4.98 Å². The summed E-state index contributed by atoms with van der Waals surface area (Å²) in [6.07, 6.45) is 31.3. The van der Waals surface area contributed by atoms with Crippen molar-refractivity contribution in [3.05, 3.63) is 90.5 Å². The quantitative estimate of drug-likeness (QED) is 0.101. The highest BCUT2D eigenvalue weighted by molar-refractivity contribution is 5.19. The van der Waals surface area contributed by atoms with E-state index in [2.05, 4.69) is 95.9 Å². The molecule has 0 radical (unpaired) electrons. The number of nitrogens with one attached hydrogen (secondary N) is 1. The molecule has 0 fully saturated rings. The van der Waals surface area contributed by atoms with Gasteiger partial charge < -0.3 is 0 Å². The van der Waals surface area contributed by atoms with Crippen LogP contribution >= 0.6 is 0 Å². The maximum Gasteiger partial charge on any atom is 0.241 e. The lowest BCUT2D eigenvalue weighted by molar-refractivity contribution is -0.729. The van der Waals surface area contributed by atoms with Gasteiger partial charge in [0.1, 0.15) is 18.4 Å². The fraction of sp³-hybridized carbons (Fsp3) is 0.583. The third-order valence-corrected chi connectivity index (χ3v) is 8.28. The molecule has 0 spiro atoms. The molecule has 0 aliphatic rings. The van der Waals surface area contributed by atoms with Crippen molar-refractivity contribution in [2.24, 2.45) is 5.92 Å². The van der Waals surface area contributed by atoms with Crippen molar-refractivity contribution in [3.8, 4) is 0 Å². The second-order valence-corrected chi connectivity index (χ2v) is 11.5. The predicted molar refractivity (Wildman–Crippen MR) is 163 cm³/mol. The Morgan fingerprint density at radius 3 is 1.45 bits per heavy atom. The van der Waals surface area contributed by atoms with E-state index in [0.29, 0.717) is 12.0 Å². The molecule has 1 N–H and O–H groups in total. The van der Waals surface area contributed by atoms with Crippen molar-refractivity contribution >= 4 is 0 Å². The molecule has 2 heteroatoms. The summed E-state index contributed by atoms with van der Waals surface area (Å²) in [4.78, 5) is 3.31. The Morgan fingerprint density at radius 2 is 1.03 bits per heavy atom. The first-order chi connectivity index (χ1) is 18.9. The summed E-state index contributed by atoms with van der Waals surface area (Å²) >= 11 is 0. The molecule has 0 saturated carbocycles. The largest absolute Gasteiger partial charge is 0.250 e. The van der Waals surface area contributed by atoms with Crippen LogP contribution in [0.4, 0.5) is 0 Å². The summed E-state index contributed by atoms with van der Waals surface area (Å²) in [5.41, 5.74) is 2.90. The molecule has 1 unspecified atom stereocenters. The zero-order valence-corrected chi connectivity index (χ0v) is 24.3. The molecule has 0 saturated heterocycles. The highest BCUT2D eigenvalue weighted by Gasteiger charge is 2.27. The van der Waals surface area contributed by atoms with Crippen LogP contribution in [0.3, 0.4) is 0 Å². The van der Waals surface area contributed by atoms with E-state index in [9.17, 15) is 0 Å². The zero-order chi connectivity index (χ0) is 26.5. The van der Waals surface area contributed by atoms with Gasteiger partial charge in [-0.25, -0.2) is 4.57 Å². The van der Waals surface area contributed by atoms with Gasteiger partial charge in [-0.15, -0.1) is 0 Å². The Labute approximate surface area is 234 Å². The van der Waals surface area contributed by atoms with E-state index >= 15 is 0 Å². The van der Waals surface area contributed by atoms with Crippen LogP contribution in [0, 0.1) is 5.92 Å². The second-order valence-electron chi connectivity index (χ2n) is 11.5. The maximum absolute atomic E-state index is 3.31. The highest BCUT2D eigenvalue weighted by atomic mass is 15.1. The number of imidazole rings is 1. The first kappa shape index (κ1) is 30.2. The minimum atomic E-state index is 0.517. The molecule has 208 valence electrons. The van der Waals surface area contributed by atoms with Crippen LogP contribution in [0.5, 0.6) is 0 Å². The normalized spacial score (nSPS) is 12.3. The Kier molecular flexibility index (Phi) is 15.6. The van der Waals surface area contributed by atoms with Gasteiger partial charge in [0.05, 0.1) is 0 Å². The number of hydrogen-bond donors (Lipinski definition) is 1. The van der Waals surface area contributed by atoms with E-state index in [-0.39, 0.29) is 0 Å². The predicted octanol–water partition coefficient (Wildman–Crippen LogP) is 10.2. The summed E-state index contributed by atoms with van der Waals surface area (Å²) in [6, 6.07) is 22.7. The molecule has 0 amide bonds. The van der Waals surface area contributed by atoms with Crippen LogP contribution in [-0.4, -0.2) is 4.98 Å². The van der Waals surface area contributed by atoms with E-state index in [1.807, 2.05) is 0 Å².